The van der Waals surface area contributed by atoms with Gasteiger partial charge in [-0.3, -0.25) is 0 Å². The van der Waals surface area contributed by atoms with Crippen LogP contribution in [0.25, 0.3) is 0 Å². The zero-order valence-electron chi connectivity index (χ0n) is 18.1. The summed E-state index contributed by atoms with van der Waals surface area (Å²) in [6.45, 7) is 6.27. The van der Waals surface area contributed by atoms with Crippen LogP contribution in [0.1, 0.15) is 37.0 Å². The lowest BCUT2D eigenvalue weighted by molar-refractivity contribution is 0.0451. The molecular formula is C23H30N2O5S. The molecule has 7 nitrogen and oxygen atoms in total. The highest BCUT2D eigenvalue weighted by Gasteiger charge is 2.27. The van der Waals surface area contributed by atoms with E-state index in [0.29, 0.717) is 24.5 Å². The molecule has 0 aliphatic carbocycles. The minimum Gasteiger partial charge on any atom is -0.490 e. The fraction of sp³-hybridized carbons (Fsp3) is 0.435. The molecule has 3 rings (SSSR count). The van der Waals surface area contributed by atoms with Crippen LogP contribution in [0, 0.1) is 0 Å². The van der Waals surface area contributed by atoms with E-state index in [2.05, 4.69) is 4.90 Å². The van der Waals surface area contributed by atoms with E-state index in [1.165, 1.54) is 10.4 Å². The number of hydrogen-bond donors (Lipinski definition) is 0. The topological polar surface area (TPSA) is 76.2 Å². The molecule has 1 heterocycles. The summed E-state index contributed by atoms with van der Waals surface area (Å²) < 4.78 is 38.3. The third kappa shape index (κ3) is 5.57. The van der Waals surface area contributed by atoms with E-state index in [1.54, 1.807) is 26.0 Å². The van der Waals surface area contributed by atoms with Gasteiger partial charge in [0.05, 0.1) is 16.1 Å². The fourth-order valence-electron chi connectivity index (χ4n) is 3.67. The molecule has 0 amide bonds. The lowest BCUT2D eigenvalue weighted by atomic mass is 10.1. The molecule has 0 saturated carbocycles. The third-order valence-electron chi connectivity index (χ3n) is 5.31. The van der Waals surface area contributed by atoms with Crippen LogP contribution in [-0.4, -0.2) is 58.1 Å². The van der Waals surface area contributed by atoms with Crippen LogP contribution in [0.4, 0.5) is 5.69 Å². The number of nitrogens with zero attached hydrogens (tertiary/aromatic N) is 2. The van der Waals surface area contributed by atoms with Gasteiger partial charge in [-0.05, 0) is 43.2 Å². The highest BCUT2D eigenvalue weighted by Crippen LogP contribution is 2.29. The standard InChI is InChI=1S/C23H30N2O5S/c1-3-25(4-2)31(27,28)20-12-13-22(24-14-8-9-15-24)21(18-20)23(26)30-17-16-29-19-10-6-5-7-11-19/h5-7,10-13,18H,3-4,8-9,14-17H2,1-2H3. The Morgan fingerprint density at radius 1 is 1.00 bits per heavy atom. The molecule has 0 bridgehead atoms. The lowest BCUT2D eigenvalue weighted by Crippen LogP contribution is -2.31. The van der Waals surface area contributed by atoms with Crippen molar-refractivity contribution in [2.75, 3.05) is 44.3 Å². The van der Waals surface area contributed by atoms with Crippen LogP contribution in [-0.2, 0) is 14.8 Å². The van der Waals surface area contributed by atoms with E-state index in [0.717, 1.165) is 25.9 Å². The van der Waals surface area contributed by atoms with Crippen LogP contribution in [0.2, 0.25) is 0 Å². The van der Waals surface area contributed by atoms with Gasteiger partial charge in [0.2, 0.25) is 10.0 Å². The Labute approximate surface area is 184 Å². The molecule has 1 aliphatic heterocycles. The number of ether oxygens (including phenoxy) is 2. The maximum absolute atomic E-state index is 13.0. The van der Waals surface area contributed by atoms with Gasteiger partial charge in [-0.25, -0.2) is 13.2 Å². The molecule has 0 atom stereocenters. The van der Waals surface area contributed by atoms with Crippen LogP contribution in [0.5, 0.6) is 5.75 Å². The lowest BCUT2D eigenvalue weighted by Gasteiger charge is -2.23. The summed E-state index contributed by atoms with van der Waals surface area (Å²) in [7, 11) is -3.68. The molecule has 2 aromatic rings. The molecule has 31 heavy (non-hydrogen) atoms. The molecule has 0 spiro atoms. The number of carbonyl (C=O) groups excluding carboxylic acids is 1. The van der Waals surface area contributed by atoms with Crippen LogP contribution >= 0.6 is 0 Å². The number of para-hydroxylation sites is 1. The van der Waals surface area contributed by atoms with E-state index in [9.17, 15) is 13.2 Å². The van der Waals surface area contributed by atoms with Crippen molar-refractivity contribution in [2.45, 2.75) is 31.6 Å². The quantitative estimate of drug-likeness (QED) is 0.410. The SMILES string of the molecule is CCN(CC)S(=O)(=O)c1ccc(N2CCCC2)c(C(=O)OCCOc2ccccc2)c1. The number of benzene rings is 2. The van der Waals surface area contributed by atoms with Crippen molar-refractivity contribution in [1.29, 1.82) is 0 Å². The molecular weight excluding hydrogens is 416 g/mol. The number of esters is 1. The minimum atomic E-state index is -3.68. The highest BCUT2D eigenvalue weighted by atomic mass is 32.2. The number of anilines is 1. The molecule has 1 fully saturated rings. The molecule has 2 aromatic carbocycles. The zero-order chi connectivity index (χ0) is 22.3. The van der Waals surface area contributed by atoms with Crippen molar-refractivity contribution >= 4 is 21.7 Å². The minimum absolute atomic E-state index is 0.0696. The molecule has 0 unspecified atom stereocenters. The Morgan fingerprint density at radius 2 is 1.68 bits per heavy atom. The molecule has 1 saturated heterocycles. The number of sulfonamides is 1. The summed E-state index contributed by atoms with van der Waals surface area (Å²) in [5, 5.41) is 0. The molecule has 168 valence electrons. The fourth-order valence-corrected chi connectivity index (χ4v) is 5.16. The maximum Gasteiger partial charge on any atom is 0.340 e. The number of rotatable bonds is 10. The summed E-state index contributed by atoms with van der Waals surface area (Å²) in [6, 6.07) is 14.0. The van der Waals surface area contributed by atoms with Gasteiger partial charge in [-0.1, -0.05) is 32.0 Å². The third-order valence-corrected chi connectivity index (χ3v) is 7.35. The predicted molar refractivity (Wildman–Crippen MR) is 120 cm³/mol. The highest BCUT2D eigenvalue weighted by molar-refractivity contribution is 7.89. The van der Waals surface area contributed by atoms with Crippen molar-refractivity contribution in [3.05, 3.63) is 54.1 Å². The zero-order valence-corrected chi connectivity index (χ0v) is 18.9. The molecule has 0 radical (unpaired) electrons. The van der Waals surface area contributed by atoms with E-state index in [-0.39, 0.29) is 23.7 Å². The van der Waals surface area contributed by atoms with Crippen molar-refractivity contribution in [1.82, 2.24) is 4.31 Å². The second-order valence-corrected chi connectivity index (χ2v) is 9.20. The normalized spacial score (nSPS) is 14.1. The molecule has 1 aliphatic rings. The summed E-state index contributed by atoms with van der Waals surface area (Å²) in [5.74, 6) is 0.152. The summed E-state index contributed by atoms with van der Waals surface area (Å²) in [5.41, 5.74) is 0.986. The van der Waals surface area contributed by atoms with Gasteiger partial charge in [0.15, 0.2) is 0 Å². The van der Waals surface area contributed by atoms with E-state index < -0.39 is 16.0 Å². The van der Waals surface area contributed by atoms with Gasteiger partial charge in [-0.15, -0.1) is 0 Å². The Morgan fingerprint density at radius 3 is 2.32 bits per heavy atom. The average molecular weight is 447 g/mol. The number of hydrogen-bond acceptors (Lipinski definition) is 6. The van der Waals surface area contributed by atoms with Crippen LogP contribution in [0.15, 0.2) is 53.4 Å². The summed E-state index contributed by atoms with van der Waals surface area (Å²) in [6.07, 6.45) is 2.08. The Bertz CT molecular complexity index is 969. The van der Waals surface area contributed by atoms with E-state index in [1.807, 2.05) is 30.3 Å². The Balaban J connectivity index is 1.78. The second kappa shape index (κ2) is 10.6. The van der Waals surface area contributed by atoms with Crippen molar-refractivity contribution in [2.24, 2.45) is 0 Å². The second-order valence-electron chi connectivity index (χ2n) is 7.26. The summed E-state index contributed by atoms with van der Waals surface area (Å²) >= 11 is 0. The predicted octanol–water partition coefficient (Wildman–Crippen LogP) is 3.55. The van der Waals surface area contributed by atoms with Gasteiger partial charge in [0.25, 0.3) is 0 Å². The number of carbonyl (C=O) groups is 1. The average Bonchev–Trinajstić information content (AvgIpc) is 3.32. The maximum atomic E-state index is 13.0. The van der Waals surface area contributed by atoms with E-state index >= 15 is 0 Å². The monoisotopic (exact) mass is 446 g/mol. The van der Waals surface area contributed by atoms with Gasteiger partial charge >= 0.3 is 5.97 Å². The van der Waals surface area contributed by atoms with Gasteiger partial charge in [0, 0.05) is 26.2 Å². The Kier molecular flexibility index (Phi) is 7.92. The largest absolute Gasteiger partial charge is 0.490 e. The first-order valence-corrected chi connectivity index (χ1v) is 12.2. The van der Waals surface area contributed by atoms with Gasteiger partial charge in [-0.2, -0.15) is 4.31 Å². The van der Waals surface area contributed by atoms with Gasteiger partial charge < -0.3 is 14.4 Å². The van der Waals surface area contributed by atoms with E-state index in [4.69, 9.17) is 9.47 Å². The van der Waals surface area contributed by atoms with Gasteiger partial charge in [0.1, 0.15) is 19.0 Å². The first kappa shape index (κ1) is 23.1. The van der Waals surface area contributed by atoms with Crippen LogP contribution < -0.4 is 9.64 Å². The van der Waals surface area contributed by atoms with Crippen molar-refractivity contribution < 1.29 is 22.7 Å². The molecule has 0 aromatic heterocycles. The summed E-state index contributed by atoms with van der Waals surface area (Å²) in [4.78, 5) is 15.1. The van der Waals surface area contributed by atoms with Crippen molar-refractivity contribution in [3.8, 4) is 5.75 Å². The molecule has 0 N–H and O–H groups in total. The smallest absolute Gasteiger partial charge is 0.340 e. The van der Waals surface area contributed by atoms with Crippen LogP contribution in [0.3, 0.4) is 0 Å². The first-order chi connectivity index (χ1) is 15.0. The molecule has 8 heteroatoms. The van der Waals surface area contributed by atoms with Crippen molar-refractivity contribution in [3.63, 3.8) is 0 Å². The first-order valence-electron chi connectivity index (χ1n) is 10.7. The Hall–Kier alpha value is -2.58.